The van der Waals surface area contributed by atoms with E-state index in [9.17, 15) is 8.42 Å². The summed E-state index contributed by atoms with van der Waals surface area (Å²) in [6, 6.07) is 4.98. The topological polar surface area (TPSA) is 63.4 Å². The fraction of sp³-hybridized carbons (Fsp3) is 0.571. The standard InChI is InChI=1S/C14H23BrN2O2S/c1-10(14(2,3)4)17(5)20(18,19)13-7-6-11(9-16)8-12(13)15/h6-8,10H,9,16H2,1-5H3. The van der Waals surface area contributed by atoms with Gasteiger partial charge in [-0.2, -0.15) is 4.31 Å². The maximum atomic E-state index is 12.7. The zero-order valence-electron chi connectivity index (χ0n) is 12.6. The van der Waals surface area contributed by atoms with Crippen molar-refractivity contribution >= 4 is 26.0 Å². The molecule has 0 fully saturated rings. The molecule has 0 aliphatic carbocycles. The fourth-order valence-electron chi connectivity index (χ4n) is 1.79. The summed E-state index contributed by atoms with van der Waals surface area (Å²) >= 11 is 3.33. The van der Waals surface area contributed by atoms with Gasteiger partial charge in [0.1, 0.15) is 0 Å². The molecule has 1 atom stereocenters. The van der Waals surface area contributed by atoms with E-state index in [0.717, 1.165) is 5.56 Å². The molecular formula is C14H23BrN2O2S. The van der Waals surface area contributed by atoms with Crippen LogP contribution in [0.25, 0.3) is 0 Å². The molecule has 1 aromatic rings. The largest absolute Gasteiger partial charge is 0.326 e. The van der Waals surface area contributed by atoms with Crippen LogP contribution in [0.5, 0.6) is 0 Å². The third kappa shape index (κ3) is 3.61. The molecule has 1 rings (SSSR count). The quantitative estimate of drug-likeness (QED) is 0.895. The van der Waals surface area contributed by atoms with Crippen molar-refractivity contribution in [3.8, 4) is 0 Å². The number of nitrogens with two attached hydrogens (primary N) is 1. The first kappa shape index (κ1) is 17.6. The van der Waals surface area contributed by atoms with Crippen LogP contribution in [0.15, 0.2) is 27.6 Å². The van der Waals surface area contributed by atoms with E-state index in [0.29, 0.717) is 11.0 Å². The molecule has 0 aliphatic heterocycles. The first-order chi connectivity index (χ1) is 9.01. The summed E-state index contributed by atoms with van der Waals surface area (Å²) in [4.78, 5) is 0.272. The minimum Gasteiger partial charge on any atom is -0.326 e. The number of rotatable bonds is 4. The molecule has 0 spiro atoms. The van der Waals surface area contributed by atoms with Crippen LogP contribution in [-0.2, 0) is 16.6 Å². The molecule has 0 radical (unpaired) electrons. The lowest BCUT2D eigenvalue weighted by atomic mass is 9.88. The minimum absolute atomic E-state index is 0.117. The van der Waals surface area contributed by atoms with E-state index in [1.165, 1.54) is 4.31 Å². The Balaban J connectivity index is 3.24. The molecule has 1 unspecified atom stereocenters. The number of nitrogens with zero attached hydrogens (tertiary/aromatic N) is 1. The average molecular weight is 363 g/mol. The minimum atomic E-state index is -3.53. The number of hydrogen-bond donors (Lipinski definition) is 1. The van der Waals surface area contributed by atoms with Crippen molar-refractivity contribution in [3.63, 3.8) is 0 Å². The van der Waals surface area contributed by atoms with Gasteiger partial charge in [-0.05, 0) is 46.0 Å². The monoisotopic (exact) mass is 362 g/mol. The number of halogens is 1. The van der Waals surface area contributed by atoms with Gasteiger partial charge in [0.2, 0.25) is 10.0 Å². The van der Waals surface area contributed by atoms with Crippen molar-refractivity contribution in [2.24, 2.45) is 11.1 Å². The highest BCUT2D eigenvalue weighted by Gasteiger charge is 2.33. The number of hydrogen-bond acceptors (Lipinski definition) is 3. The molecule has 0 saturated carbocycles. The van der Waals surface area contributed by atoms with Gasteiger partial charge in [0.25, 0.3) is 0 Å². The van der Waals surface area contributed by atoms with Crippen molar-refractivity contribution < 1.29 is 8.42 Å². The Morgan fingerprint density at radius 2 is 1.90 bits per heavy atom. The molecule has 0 saturated heterocycles. The molecule has 114 valence electrons. The summed E-state index contributed by atoms with van der Waals surface area (Å²) in [6.45, 7) is 8.37. The van der Waals surface area contributed by atoms with Crippen LogP contribution in [-0.4, -0.2) is 25.8 Å². The van der Waals surface area contributed by atoms with E-state index in [2.05, 4.69) is 15.9 Å². The van der Waals surface area contributed by atoms with Crippen LogP contribution in [0.2, 0.25) is 0 Å². The predicted octanol–water partition coefficient (Wildman–Crippen LogP) is 2.96. The smallest absolute Gasteiger partial charge is 0.244 e. The molecule has 0 heterocycles. The first-order valence-electron chi connectivity index (χ1n) is 6.48. The summed E-state index contributed by atoms with van der Waals surface area (Å²) in [5, 5.41) is 0. The van der Waals surface area contributed by atoms with Crippen molar-refractivity contribution in [1.82, 2.24) is 4.31 Å². The van der Waals surface area contributed by atoms with E-state index in [4.69, 9.17) is 5.73 Å². The summed E-state index contributed by atoms with van der Waals surface area (Å²) in [6.07, 6.45) is 0. The molecule has 0 aromatic heterocycles. The van der Waals surface area contributed by atoms with Crippen LogP contribution >= 0.6 is 15.9 Å². The molecule has 0 bridgehead atoms. The second-order valence-electron chi connectivity index (χ2n) is 6.03. The molecule has 0 amide bonds. The lowest BCUT2D eigenvalue weighted by Crippen LogP contribution is -2.42. The van der Waals surface area contributed by atoms with Gasteiger partial charge in [0.15, 0.2) is 0 Å². The van der Waals surface area contributed by atoms with Gasteiger partial charge in [-0.1, -0.05) is 26.8 Å². The van der Waals surface area contributed by atoms with E-state index in [1.54, 1.807) is 25.2 Å². The predicted molar refractivity (Wildman–Crippen MR) is 85.9 cm³/mol. The van der Waals surface area contributed by atoms with Gasteiger partial charge in [-0.15, -0.1) is 0 Å². The second kappa shape index (κ2) is 6.13. The Morgan fingerprint density at radius 3 is 2.30 bits per heavy atom. The fourth-order valence-corrected chi connectivity index (χ4v) is 4.42. The van der Waals surface area contributed by atoms with Crippen molar-refractivity contribution in [3.05, 3.63) is 28.2 Å². The van der Waals surface area contributed by atoms with Crippen molar-refractivity contribution in [1.29, 1.82) is 0 Å². The van der Waals surface area contributed by atoms with Gasteiger partial charge >= 0.3 is 0 Å². The van der Waals surface area contributed by atoms with E-state index in [1.807, 2.05) is 27.7 Å². The molecule has 6 heteroatoms. The lowest BCUT2D eigenvalue weighted by molar-refractivity contribution is 0.216. The number of sulfonamides is 1. The summed E-state index contributed by atoms with van der Waals surface area (Å²) in [5.74, 6) is 0. The van der Waals surface area contributed by atoms with E-state index in [-0.39, 0.29) is 16.4 Å². The summed E-state index contributed by atoms with van der Waals surface area (Å²) < 4.78 is 27.4. The SMILES string of the molecule is CC(N(C)S(=O)(=O)c1ccc(CN)cc1Br)C(C)(C)C. The van der Waals surface area contributed by atoms with Crippen LogP contribution in [0.3, 0.4) is 0 Å². The highest BCUT2D eigenvalue weighted by molar-refractivity contribution is 9.10. The molecule has 4 nitrogen and oxygen atoms in total. The molecular weight excluding hydrogens is 340 g/mol. The number of benzene rings is 1. The lowest BCUT2D eigenvalue weighted by Gasteiger charge is -2.34. The normalized spacial score (nSPS) is 14.6. The summed E-state index contributed by atoms with van der Waals surface area (Å²) in [5.41, 5.74) is 6.32. The summed E-state index contributed by atoms with van der Waals surface area (Å²) in [7, 11) is -1.91. The Bertz CT molecular complexity index is 579. The maximum absolute atomic E-state index is 12.7. The highest BCUT2D eigenvalue weighted by atomic mass is 79.9. The van der Waals surface area contributed by atoms with Crippen molar-refractivity contribution in [2.75, 3.05) is 7.05 Å². The van der Waals surface area contributed by atoms with Crippen LogP contribution < -0.4 is 5.73 Å². The first-order valence-corrected chi connectivity index (χ1v) is 8.71. The highest BCUT2D eigenvalue weighted by Crippen LogP contribution is 2.31. The second-order valence-corrected chi connectivity index (χ2v) is 8.85. The van der Waals surface area contributed by atoms with E-state index < -0.39 is 10.0 Å². The van der Waals surface area contributed by atoms with E-state index >= 15 is 0 Å². The van der Waals surface area contributed by atoms with Crippen molar-refractivity contribution in [2.45, 2.75) is 45.2 Å². The Kier molecular flexibility index (Phi) is 5.40. The zero-order chi connectivity index (χ0) is 15.7. The van der Waals surface area contributed by atoms with Crippen LogP contribution in [0.4, 0.5) is 0 Å². The molecule has 2 N–H and O–H groups in total. The third-order valence-corrected chi connectivity index (χ3v) is 6.59. The third-order valence-electron chi connectivity index (χ3n) is 3.69. The van der Waals surface area contributed by atoms with Gasteiger partial charge in [-0.3, -0.25) is 0 Å². The van der Waals surface area contributed by atoms with Gasteiger partial charge in [0.05, 0.1) is 4.90 Å². The Morgan fingerprint density at radius 1 is 1.35 bits per heavy atom. The average Bonchev–Trinajstić information content (AvgIpc) is 2.35. The zero-order valence-corrected chi connectivity index (χ0v) is 15.0. The molecule has 0 aliphatic rings. The van der Waals surface area contributed by atoms with Crippen LogP contribution in [0.1, 0.15) is 33.3 Å². The van der Waals surface area contributed by atoms with Gasteiger partial charge in [0, 0.05) is 24.1 Å². The van der Waals surface area contributed by atoms with Gasteiger partial charge in [-0.25, -0.2) is 8.42 Å². The maximum Gasteiger partial charge on any atom is 0.244 e. The van der Waals surface area contributed by atoms with Crippen LogP contribution in [0, 0.1) is 5.41 Å². The molecule has 1 aromatic carbocycles. The Labute approximate surface area is 130 Å². The molecule has 20 heavy (non-hydrogen) atoms. The van der Waals surface area contributed by atoms with Gasteiger partial charge < -0.3 is 5.73 Å². The Hall–Kier alpha value is -0.430.